The predicted molar refractivity (Wildman–Crippen MR) is 46.0 cm³/mol. The number of rotatable bonds is 0. The van der Waals surface area contributed by atoms with E-state index in [2.05, 4.69) is 25.8 Å². The highest BCUT2D eigenvalue weighted by atomic mass is 14.8. The maximum atomic E-state index is 7.12. The zero-order valence-corrected chi connectivity index (χ0v) is 7.45. The third kappa shape index (κ3) is 3.38. The number of aliphatic imine (C=N–C) groups is 1. The molecule has 2 nitrogen and oxygen atoms in total. The summed E-state index contributed by atoms with van der Waals surface area (Å²) >= 11 is 0. The summed E-state index contributed by atoms with van der Waals surface area (Å²) in [6.45, 7) is 9.92. The summed E-state index contributed by atoms with van der Waals surface area (Å²) in [6.07, 6.45) is 0. The Balaban J connectivity index is 4.35. The van der Waals surface area contributed by atoms with E-state index in [1.54, 1.807) is 6.92 Å². The summed E-state index contributed by atoms with van der Waals surface area (Å²) in [7, 11) is 0. The van der Waals surface area contributed by atoms with Crippen molar-refractivity contribution in [2.45, 2.75) is 34.6 Å². The van der Waals surface area contributed by atoms with Crippen molar-refractivity contribution in [1.29, 1.82) is 5.41 Å². The minimum absolute atomic E-state index is 0.0995. The van der Waals surface area contributed by atoms with Crippen LogP contribution in [0.2, 0.25) is 0 Å². The predicted octanol–water partition coefficient (Wildman–Crippen LogP) is 2.49. The lowest BCUT2D eigenvalue weighted by Gasteiger charge is -2.17. The molecule has 0 radical (unpaired) electrons. The summed E-state index contributed by atoms with van der Waals surface area (Å²) < 4.78 is 0. The molecule has 0 fully saturated rings. The number of nitrogens with one attached hydrogen (secondary N) is 1. The van der Waals surface area contributed by atoms with Crippen molar-refractivity contribution >= 4 is 11.5 Å². The van der Waals surface area contributed by atoms with Crippen LogP contribution in [-0.2, 0) is 0 Å². The first kappa shape index (κ1) is 9.34. The second-order valence-corrected chi connectivity index (χ2v) is 3.53. The van der Waals surface area contributed by atoms with Gasteiger partial charge in [0.1, 0.15) is 5.84 Å². The number of nitrogens with zero attached hydrogens (tertiary/aromatic N) is 1. The van der Waals surface area contributed by atoms with Gasteiger partial charge >= 0.3 is 0 Å². The van der Waals surface area contributed by atoms with E-state index in [4.69, 9.17) is 5.41 Å². The average molecular weight is 140 g/mol. The molecule has 0 spiro atoms. The second-order valence-electron chi connectivity index (χ2n) is 3.53. The van der Waals surface area contributed by atoms with Crippen LogP contribution in [0.4, 0.5) is 0 Å². The summed E-state index contributed by atoms with van der Waals surface area (Å²) in [5.41, 5.74) is 1.11. The molecule has 0 aliphatic rings. The van der Waals surface area contributed by atoms with Crippen molar-refractivity contribution in [3.8, 4) is 0 Å². The zero-order valence-electron chi connectivity index (χ0n) is 7.45. The van der Waals surface area contributed by atoms with Crippen LogP contribution in [0.3, 0.4) is 0 Å². The number of hydrogen-bond acceptors (Lipinski definition) is 1. The molecule has 0 rings (SSSR count). The molecule has 10 heavy (non-hydrogen) atoms. The highest BCUT2D eigenvalue weighted by molar-refractivity contribution is 5.97. The topological polar surface area (TPSA) is 36.2 Å². The quantitative estimate of drug-likeness (QED) is 0.396. The van der Waals surface area contributed by atoms with E-state index < -0.39 is 0 Å². The van der Waals surface area contributed by atoms with Gasteiger partial charge in [-0.3, -0.25) is 5.41 Å². The third-order valence-electron chi connectivity index (χ3n) is 1.42. The molecule has 0 aliphatic heterocycles. The molecule has 0 atom stereocenters. The molecule has 0 aliphatic carbocycles. The highest BCUT2D eigenvalue weighted by Gasteiger charge is 2.13. The SMILES string of the molecule is CC(=N)/N=C(\C)C(C)(C)C. The Kier molecular flexibility index (Phi) is 2.76. The molecular weight excluding hydrogens is 124 g/mol. The van der Waals surface area contributed by atoms with Gasteiger partial charge in [0.05, 0.1) is 0 Å². The first-order valence-corrected chi connectivity index (χ1v) is 3.45. The minimum Gasteiger partial charge on any atom is -0.287 e. The Morgan fingerprint density at radius 3 is 1.70 bits per heavy atom. The Morgan fingerprint density at radius 2 is 1.60 bits per heavy atom. The van der Waals surface area contributed by atoms with Crippen LogP contribution in [-0.4, -0.2) is 11.5 Å². The summed E-state index contributed by atoms with van der Waals surface area (Å²) in [5, 5.41) is 7.12. The van der Waals surface area contributed by atoms with Gasteiger partial charge in [-0.15, -0.1) is 0 Å². The van der Waals surface area contributed by atoms with Crippen LogP contribution in [0.1, 0.15) is 34.6 Å². The fourth-order valence-electron chi connectivity index (χ4n) is 0.419. The van der Waals surface area contributed by atoms with Crippen molar-refractivity contribution in [2.75, 3.05) is 0 Å². The minimum atomic E-state index is 0.0995. The van der Waals surface area contributed by atoms with E-state index in [0.29, 0.717) is 5.84 Å². The van der Waals surface area contributed by atoms with E-state index in [1.165, 1.54) is 0 Å². The van der Waals surface area contributed by atoms with Crippen molar-refractivity contribution in [2.24, 2.45) is 10.4 Å². The lowest BCUT2D eigenvalue weighted by atomic mass is 9.91. The van der Waals surface area contributed by atoms with Gasteiger partial charge in [-0.1, -0.05) is 20.8 Å². The number of hydrogen-bond donors (Lipinski definition) is 1. The molecule has 0 saturated carbocycles. The van der Waals surface area contributed by atoms with E-state index in [0.717, 1.165) is 5.71 Å². The second kappa shape index (κ2) is 2.95. The van der Waals surface area contributed by atoms with Crippen molar-refractivity contribution in [3.63, 3.8) is 0 Å². The fraction of sp³-hybridized carbons (Fsp3) is 0.750. The maximum absolute atomic E-state index is 7.12. The lowest BCUT2D eigenvalue weighted by molar-refractivity contribution is 0.588. The van der Waals surface area contributed by atoms with Gasteiger partial charge in [-0.2, -0.15) is 0 Å². The van der Waals surface area contributed by atoms with Crippen LogP contribution in [0.15, 0.2) is 4.99 Å². The van der Waals surface area contributed by atoms with Crippen molar-refractivity contribution < 1.29 is 0 Å². The Hall–Kier alpha value is -0.660. The van der Waals surface area contributed by atoms with Crippen LogP contribution in [0, 0.1) is 10.8 Å². The zero-order chi connectivity index (χ0) is 8.36. The monoisotopic (exact) mass is 140 g/mol. The maximum Gasteiger partial charge on any atom is 0.117 e. The van der Waals surface area contributed by atoms with Gasteiger partial charge in [-0.05, 0) is 13.8 Å². The molecule has 0 aromatic rings. The molecule has 0 aromatic carbocycles. The molecule has 0 bridgehead atoms. The fourth-order valence-corrected chi connectivity index (χ4v) is 0.419. The molecular formula is C8H16N2. The molecule has 0 amide bonds. The van der Waals surface area contributed by atoms with Gasteiger partial charge in [0.15, 0.2) is 0 Å². The summed E-state index contributed by atoms with van der Waals surface area (Å²) in [6, 6.07) is 0. The van der Waals surface area contributed by atoms with Crippen molar-refractivity contribution in [3.05, 3.63) is 0 Å². The van der Waals surface area contributed by atoms with Gasteiger partial charge < -0.3 is 0 Å². The lowest BCUT2D eigenvalue weighted by Crippen LogP contribution is -2.17. The van der Waals surface area contributed by atoms with Gasteiger partial charge in [0, 0.05) is 11.1 Å². The summed E-state index contributed by atoms with van der Waals surface area (Å²) in [4.78, 5) is 4.05. The van der Waals surface area contributed by atoms with Crippen LogP contribution in [0.25, 0.3) is 0 Å². The molecule has 0 heterocycles. The Labute approximate surface area is 62.9 Å². The number of amidine groups is 1. The highest BCUT2D eigenvalue weighted by Crippen LogP contribution is 2.15. The van der Waals surface area contributed by atoms with E-state index in [1.807, 2.05) is 6.92 Å². The molecule has 58 valence electrons. The third-order valence-corrected chi connectivity index (χ3v) is 1.42. The van der Waals surface area contributed by atoms with Gasteiger partial charge in [0.25, 0.3) is 0 Å². The van der Waals surface area contributed by atoms with Crippen LogP contribution in [0.5, 0.6) is 0 Å². The van der Waals surface area contributed by atoms with Crippen LogP contribution >= 0.6 is 0 Å². The van der Waals surface area contributed by atoms with Crippen molar-refractivity contribution in [1.82, 2.24) is 0 Å². The normalized spacial score (nSPS) is 13.5. The van der Waals surface area contributed by atoms with E-state index >= 15 is 0 Å². The first-order valence-electron chi connectivity index (χ1n) is 3.45. The molecule has 0 aromatic heterocycles. The first-order chi connectivity index (χ1) is 4.34. The largest absolute Gasteiger partial charge is 0.287 e. The average Bonchev–Trinajstić information content (AvgIpc) is 1.60. The van der Waals surface area contributed by atoms with E-state index in [-0.39, 0.29) is 5.41 Å². The smallest absolute Gasteiger partial charge is 0.117 e. The Morgan fingerprint density at radius 1 is 1.20 bits per heavy atom. The molecule has 0 unspecified atom stereocenters. The molecule has 2 heteroatoms. The summed E-state index contributed by atoms with van der Waals surface area (Å²) in [5.74, 6) is 0.382. The molecule has 0 saturated heterocycles. The van der Waals surface area contributed by atoms with Crippen LogP contribution < -0.4 is 0 Å². The molecule has 1 N–H and O–H groups in total. The van der Waals surface area contributed by atoms with E-state index in [9.17, 15) is 0 Å². The standard InChI is InChI=1S/C8H16N2/c1-6(8(3,4)5)10-7(2)9/h9H,1-5H3/b9-7?,10-6+. The van der Waals surface area contributed by atoms with Gasteiger partial charge in [-0.25, -0.2) is 4.99 Å². The van der Waals surface area contributed by atoms with Gasteiger partial charge in [0.2, 0.25) is 0 Å². The Bertz CT molecular complexity index is 161.